The highest BCUT2D eigenvalue weighted by molar-refractivity contribution is 6.33. The number of nitrogens with zero attached hydrogens (tertiary/aromatic N) is 1. The van der Waals surface area contributed by atoms with E-state index in [-0.39, 0.29) is 11.7 Å². The van der Waals surface area contributed by atoms with Gasteiger partial charge in [-0.1, -0.05) is 54.1 Å². The van der Waals surface area contributed by atoms with Crippen LogP contribution in [0.4, 0.5) is 16.2 Å². The molecule has 2 aromatic carbocycles. The van der Waals surface area contributed by atoms with Crippen LogP contribution < -0.4 is 16.4 Å². The SMILES string of the molecule is Nc1c(Cl)nc2ccccc2c1NCc1ccc(CNC(=O)O)cc1. The van der Waals surface area contributed by atoms with Crippen LogP contribution in [-0.4, -0.2) is 16.2 Å². The predicted molar refractivity (Wildman–Crippen MR) is 99.8 cm³/mol. The van der Waals surface area contributed by atoms with Crippen molar-refractivity contribution in [1.82, 2.24) is 10.3 Å². The highest BCUT2D eigenvalue weighted by Crippen LogP contribution is 2.33. The van der Waals surface area contributed by atoms with E-state index in [0.29, 0.717) is 12.2 Å². The minimum Gasteiger partial charge on any atom is -0.465 e. The summed E-state index contributed by atoms with van der Waals surface area (Å²) in [6.07, 6.45) is -1.04. The van der Waals surface area contributed by atoms with Crippen molar-refractivity contribution >= 4 is 40.0 Å². The van der Waals surface area contributed by atoms with E-state index in [1.165, 1.54) is 0 Å². The minimum absolute atomic E-state index is 0.274. The molecular weight excluding hydrogens is 340 g/mol. The van der Waals surface area contributed by atoms with Gasteiger partial charge in [-0.05, 0) is 17.2 Å². The van der Waals surface area contributed by atoms with Crippen molar-refractivity contribution in [3.8, 4) is 0 Å². The first-order valence-electron chi connectivity index (χ1n) is 7.67. The van der Waals surface area contributed by atoms with Gasteiger partial charge in [0.25, 0.3) is 0 Å². The van der Waals surface area contributed by atoms with Crippen molar-refractivity contribution in [2.24, 2.45) is 0 Å². The molecule has 25 heavy (non-hydrogen) atoms. The summed E-state index contributed by atoms with van der Waals surface area (Å²) in [7, 11) is 0. The topological polar surface area (TPSA) is 100 Å². The Kier molecular flexibility index (Phi) is 4.90. The van der Waals surface area contributed by atoms with Crippen LogP contribution >= 0.6 is 11.6 Å². The number of nitrogen functional groups attached to an aromatic ring is 1. The average Bonchev–Trinajstić information content (AvgIpc) is 2.61. The first kappa shape index (κ1) is 16.9. The quantitative estimate of drug-likeness (QED) is 0.520. The van der Waals surface area contributed by atoms with E-state index in [1.807, 2.05) is 48.5 Å². The zero-order valence-electron chi connectivity index (χ0n) is 13.3. The summed E-state index contributed by atoms with van der Waals surface area (Å²) in [6.45, 7) is 0.835. The molecule has 0 aliphatic carbocycles. The molecule has 0 bridgehead atoms. The Morgan fingerprint density at radius 3 is 2.40 bits per heavy atom. The molecule has 5 N–H and O–H groups in total. The first-order chi connectivity index (χ1) is 12.0. The zero-order chi connectivity index (χ0) is 17.8. The number of rotatable bonds is 5. The number of anilines is 2. The number of aromatic nitrogens is 1. The molecule has 1 aromatic heterocycles. The highest BCUT2D eigenvalue weighted by atomic mass is 35.5. The van der Waals surface area contributed by atoms with Gasteiger partial charge in [-0.15, -0.1) is 0 Å². The van der Waals surface area contributed by atoms with E-state index in [1.54, 1.807) is 0 Å². The van der Waals surface area contributed by atoms with Crippen molar-refractivity contribution in [3.63, 3.8) is 0 Å². The lowest BCUT2D eigenvalue weighted by molar-refractivity contribution is 0.194. The molecule has 128 valence electrons. The molecule has 0 spiro atoms. The number of halogens is 1. The summed E-state index contributed by atoms with van der Waals surface area (Å²) < 4.78 is 0. The van der Waals surface area contributed by atoms with Crippen LogP contribution in [0, 0.1) is 0 Å². The fourth-order valence-corrected chi connectivity index (χ4v) is 2.72. The van der Waals surface area contributed by atoms with Gasteiger partial charge in [0.15, 0.2) is 5.15 Å². The minimum atomic E-state index is -1.04. The molecule has 7 heteroatoms. The Bertz CT molecular complexity index is 913. The maximum Gasteiger partial charge on any atom is 0.404 e. The van der Waals surface area contributed by atoms with Crippen molar-refractivity contribution in [2.75, 3.05) is 11.1 Å². The van der Waals surface area contributed by atoms with Crippen LogP contribution in [0.2, 0.25) is 5.15 Å². The molecule has 0 fully saturated rings. The van der Waals surface area contributed by atoms with E-state index < -0.39 is 6.09 Å². The van der Waals surface area contributed by atoms with Gasteiger partial charge in [-0.25, -0.2) is 9.78 Å². The van der Waals surface area contributed by atoms with Crippen molar-refractivity contribution in [1.29, 1.82) is 0 Å². The second-order valence-electron chi connectivity index (χ2n) is 5.54. The van der Waals surface area contributed by atoms with E-state index in [2.05, 4.69) is 15.6 Å². The molecule has 1 amide bonds. The molecule has 0 saturated heterocycles. The molecular formula is C18H17ClN4O2. The third-order valence-corrected chi connectivity index (χ3v) is 4.11. The number of hydrogen-bond donors (Lipinski definition) is 4. The monoisotopic (exact) mass is 356 g/mol. The summed E-state index contributed by atoms with van der Waals surface area (Å²) >= 11 is 6.12. The van der Waals surface area contributed by atoms with Gasteiger partial charge in [0, 0.05) is 18.5 Å². The number of amides is 1. The Morgan fingerprint density at radius 1 is 1.08 bits per heavy atom. The van der Waals surface area contributed by atoms with E-state index >= 15 is 0 Å². The number of hydrogen-bond acceptors (Lipinski definition) is 4. The van der Waals surface area contributed by atoms with Gasteiger partial charge in [0.2, 0.25) is 0 Å². The number of benzene rings is 2. The molecule has 0 radical (unpaired) electrons. The summed E-state index contributed by atoms with van der Waals surface area (Å²) in [6, 6.07) is 15.3. The van der Waals surface area contributed by atoms with E-state index in [9.17, 15) is 4.79 Å². The van der Waals surface area contributed by atoms with Crippen LogP contribution in [-0.2, 0) is 13.1 Å². The van der Waals surface area contributed by atoms with Gasteiger partial charge < -0.3 is 21.5 Å². The summed E-state index contributed by atoms with van der Waals surface area (Å²) in [5.74, 6) is 0. The largest absolute Gasteiger partial charge is 0.465 e. The Hall–Kier alpha value is -2.99. The fourth-order valence-electron chi connectivity index (χ4n) is 2.53. The third kappa shape index (κ3) is 3.92. The molecule has 1 heterocycles. The summed E-state index contributed by atoms with van der Waals surface area (Å²) in [5, 5.41) is 15.5. The van der Waals surface area contributed by atoms with Crippen LogP contribution in [0.15, 0.2) is 48.5 Å². The lowest BCUT2D eigenvalue weighted by Gasteiger charge is -2.14. The van der Waals surface area contributed by atoms with Gasteiger partial charge in [-0.2, -0.15) is 0 Å². The molecule has 0 aliphatic heterocycles. The van der Waals surface area contributed by atoms with Crippen LogP contribution in [0.5, 0.6) is 0 Å². The molecule has 0 saturated carbocycles. The first-order valence-corrected chi connectivity index (χ1v) is 8.04. The second-order valence-corrected chi connectivity index (χ2v) is 5.90. The van der Waals surface area contributed by atoms with Crippen molar-refractivity contribution in [3.05, 3.63) is 64.8 Å². The van der Waals surface area contributed by atoms with Crippen molar-refractivity contribution in [2.45, 2.75) is 13.1 Å². The molecule has 6 nitrogen and oxygen atoms in total. The van der Waals surface area contributed by atoms with Crippen molar-refractivity contribution < 1.29 is 9.90 Å². The van der Waals surface area contributed by atoms with E-state index in [4.69, 9.17) is 22.4 Å². The number of para-hydroxylation sites is 1. The maximum absolute atomic E-state index is 10.5. The second kappa shape index (κ2) is 7.27. The molecule has 0 atom stereocenters. The van der Waals surface area contributed by atoms with Crippen LogP contribution in [0.1, 0.15) is 11.1 Å². The van der Waals surface area contributed by atoms with Gasteiger partial charge in [0.1, 0.15) is 0 Å². The normalized spacial score (nSPS) is 10.6. The van der Waals surface area contributed by atoms with Crippen LogP contribution in [0.25, 0.3) is 10.9 Å². The maximum atomic E-state index is 10.5. The van der Waals surface area contributed by atoms with Gasteiger partial charge in [0.05, 0.1) is 16.9 Å². The molecule has 3 rings (SSSR count). The molecule has 0 aliphatic rings. The zero-order valence-corrected chi connectivity index (χ0v) is 14.0. The summed E-state index contributed by atoms with van der Waals surface area (Å²) in [4.78, 5) is 14.8. The predicted octanol–water partition coefficient (Wildman–Crippen LogP) is 3.85. The Balaban J connectivity index is 1.76. The van der Waals surface area contributed by atoms with Crippen LogP contribution in [0.3, 0.4) is 0 Å². The smallest absolute Gasteiger partial charge is 0.404 e. The average molecular weight is 357 g/mol. The van der Waals surface area contributed by atoms with Gasteiger partial charge in [-0.3, -0.25) is 0 Å². The van der Waals surface area contributed by atoms with E-state index in [0.717, 1.165) is 27.7 Å². The standard InChI is InChI=1S/C18H17ClN4O2/c19-17-15(20)16(13-3-1-2-4-14(13)23-17)21-9-11-5-7-12(8-6-11)10-22-18(24)25/h1-8,22H,9-10,20H2,(H,21,23)(H,24,25). The number of carbonyl (C=O) groups is 1. The number of pyridine rings is 1. The number of nitrogens with one attached hydrogen (secondary N) is 2. The fraction of sp³-hybridized carbons (Fsp3) is 0.111. The Labute approximate surface area is 149 Å². The van der Waals surface area contributed by atoms with Gasteiger partial charge >= 0.3 is 6.09 Å². The Morgan fingerprint density at radius 2 is 1.72 bits per heavy atom. The lowest BCUT2D eigenvalue weighted by atomic mass is 10.1. The molecule has 3 aromatic rings. The number of carboxylic acid groups (broad SMARTS) is 1. The highest BCUT2D eigenvalue weighted by Gasteiger charge is 2.10. The number of nitrogens with two attached hydrogens (primary N) is 1. The summed E-state index contributed by atoms with van der Waals surface area (Å²) in [5.41, 5.74) is 9.97. The number of fused-ring (bicyclic) bond motifs is 1. The third-order valence-electron chi connectivity index (χ3n) is 3.82. The lowest BCUT2D eigenvalue weighted by Crippen LogP contribution is -2.19. The molecule has 0 unspecified atom stereocenters.